The van der Waals surface area contributed by atoms with Gasteiger partial charge < -0.3 is 20.1 Å². The van der Waals surface area contributed by atoms with Crippen LogP contribution in [0.3, 0.4) is 0 Å². The molecule has 4 aromatic rings. The van der Waals surface area contributed by atoms with Gasteiger partial charge >= 0.3 is 11.9 Å². The quantitative estimate of drug-likeness (QED) is 0.202. The third-order valence-corrected chi connectivity index (χ3v) is 7.05. The summed E-state index contributed by atoms with van der Waals surface area (Å²) in [6.45, 7) is 5.97. The Morgan fingerprint density at radius 3 is 2.26 bits per heavy atom. The predicted molar refractivity (Wildman–Crippen MR) is 153 cm³/mol. The van der Waals surface area contributed by atoms with Crippen molar-refractivity contribution in [3.05, 3.63) is 88.4 Å². The molecule has 2 N–H and O–H groups in total. The lowest BCUT2D eigenvalue weighted by Crippen LogP contribution is -2.28. The maximum atomic E-state index is 12.7. The van der Waals surface area contributed by atoms with Gasteiger partial charge in [0.1, 0.15) is 9.88 Å². The van der Waals surface area contributed by atoms with Gasteiger partial charge in [-0.2, -0.15) is 5.10 Å². The molecule has 0 radical (unpaired) electrons. The molecular weight excluding hydrogens is 520 g/mol. The van der Waals surface area contributed by atoms with Crippen LogP contribution in [0, 0.1) is 6.92 Å². The number of carbonyl (C=O) groups excluding carboxylic acids is 2. The highest BCUT2D eigenvalue weighted by atomic mass is 32.1. The molecule has 0 spiro atoms. The number of thiophene rings is 1. The molecule has 2 aromatic heterocycles. The minimum Gasteiger partial charge on any atom is -0.462 e. The summed E-state index contributed by atoms with van der Waals surface area (Å²) in [6, 6.07) is 19.8. The van der Waals surface area contributed by atoms with E-state index in [9.17, 15) is 9.59 Å². The molecule has 2 heterocycles. The number of esters is 2. The molecule has 0 aliphatic rings. The summed E-state index contributed by atoms with van der Waals surface area (Å²) in [5, 5.41) is 11.8. The van der Waals surface area contributed by atoms with E-state index in [4.69, 9.17) is 26.8 Å². The van der Waals surface area contributed by atoms with Crippen molar-refractivity contribution >= 4 is 45.6 Å². The van der Waals surface area contributed by atoms with Crippen molar-refractivity contribution in [3.63, 3.8) is 0 Å². The number of aromatic nitrogens is 2. The van der Waals surface area contributed by atoms with Gasteiger partial charge in [-0.15, -0.1) is 11.3 Å². The van der Waals surface area contributed by atoms with Crippen LogP contribution in [-0.2, 0) is 16.0 Å². The number of rotatable bonds is 9. The molecule has 0 fully saturated rings. The summed E-state index contributed by atoms with van der Waals surface area (Å²) in [5.41, 5.74) is 4.45. The molecule has 10 heteroatoms. The number of thiocarbonyl (C=S) groups is 1. The molecule has 0 amide bonds. The van der Waals surface area contributed by atoms with E-state index in [2.05, 4.69) is 10.6 Å². The van der Waals surface area contributed by atoms with Crippen LogP contribution in [0.1, 0.15) is 45.0 Å². The molecule has 0 bridgehead atoms. The zero-order valence-corrected chi connectivity index (χ0v) is 22.9. The van der Waals surface area contributed by atoms with E-state index < -0.39 is 11.9 Å². The highest BCUT2D eigenvalue weighted by molar-refractivity contribution is 7.80. The Hall–Kier alpha value is -4.02. The summed E-state index contributed by atoms with van der Waals surface area (Å²) in [5.74, 6) is -1.02. The minimum absolute atomic E-state index is 0.207. The molecule has 0 aliphatic carbocycles. The van der Waals surface area contributed by atoms with Crippen LogP contribution < -0.4 is 10.6 Å². The molecule has 0 unspecified atom stereocenters. The van der Waals surface area contributed by atoms with Crippen molar-refractivity contribution in [3.8, 4) is 16.9 Å². The predicted octanol–water partition coefficient (Wildman–Crippen LogP) is 5.75. The Balaban J connectivity index is 1.57. The van der Waals surface area contributed by atoms with Crippen molar-refractivity contribution in [1.82, 2.24) is 15.1 Å². The van der Waals surface area contributed by atoms with Crippen LogP contribution in [0.5, 0.6) is 0 Å². The van der Waals surface area contributed by atoms with Crippen molar-refractivity contribution in [2.45, 2.75) is 27.3 Å². The van der Waals surface area contributed by atoms with E-state index in [-0.39, 0.29) is 18.8 Å². The average molecular weight is 549 g/mol. The summed E-state index contributed by atoms with van der Waals surface area (Å²) in [7, 11) is 0. The number of hydrogen-bond donors (Lipinski definition) is 2. The van der Waals surface area contributed by atoms with Crippen LogP contribution in [-0.4, -0.2) is 40.0 Å². The van der Waals surface area contributed by atoms with Gasteiger partial charge in [0.25, 0.3) is 0 Å². The number of nitrogens with zero attached hydrogens (tertiary/aromatic N) is 2. The van der Waals surface area contributed by atoms with Gasteiger partial charge in [0.15, 0.2) is 5.11 Å². The van der Waals surface area contributed by atoms with Crippen molar-refractivity contribution < 1.29 is 19.1 Å². The molecule has 0 atom stereocenters. The van der Waals surface area contributed by atoms with E-state index in [0.29, 0.717) is 27.1 Å². The van der Waals surface area contributed by atoms with E-state index in [1.54, 1.807) is 20.8 Å². The molecule has 8 nitrogen and oxygen atoms in total. The second-order valence-electron chi connectivity index (χ2n) is 8.16. The molecule has 0 saturated heterocycles. The van der Waals surface area contributed by atoms with Crippen LogP contribution in [0.4, 0.5) is 5.00 Å². The van der Waals surface area contributed by atoms with Gasteiger partial charge in [-0.1, -0.05) is 48.5 Å². The van der Waals surface area contributed by atoms with Gasteiger partial charge in [-0.05, 0) is 50.7 Å². The number of benzene rings is 2. The average Bonchev–Trinajstić information content (AvgIpc) is 3.50. The zero-order valence-electron chi connectivity index (χ0n) is 21.3. The second-order valence-corrected chi connectivity index (χ2v) is 9.59. The fourth-order valence-corrected chi connectivity index (χ4v) is 5.19. The third-order valence-electron chi connectivity index (χ3n) is 5.61. The van der Waals surface area contributed by atoms with Crippen molar-refractivity contribution in [2.24, 2.45) is 0 Å². The van der Waals surface area contributed by atoms with E-state index in [1.165, 1.54) is 0 Å². The Morgan fingerprint density at radius 1 is 0.974 bits per heavy atom. The number of nitrogens with one attached hydrogen (secondary N) is 2. The highest BCUT2D eigenvalue weighted by Gasteiger charge is 2.27. The Labute approximate surface area is 230 Å². The van der Waals surface area contributed by atoms with Gasteiger partial charge in [-0.3, -0.25) is 0 Å². The molecule has 2 aromatic carbocycles. The first-order valence-electron chi connectivity index (χ1n) is 12.1. The molecule has 4 rings (SSSR count). The third kappa shape index (κ3) is 6.09. The van der Waals surface area contributed by atoms with E-state index >= 15 is 0 Å². The largest absolute Gasteiger partial charge is 0.462 e. The number of anilines is 1. The van der Waals surface area contributed by atoms with Crippen molar-refractivity contribution in [1.29, 1.82) is 0 Å². The first-order valence-corrected chi connectivity index (χ1v) is 13.4. The minimum atomic E-state index is -0.530. The van der Waals surface area contributed by atoms with Gasteiger partial charge in [0, 0.05) is 23.9 Å². The van der Waals surface area contributed by atoms with Crippen LogP contribution in [0.25, 0.3) is 16.9 Å². The zero-order chi connectivity index (χ0) is 27.1. The lowest BCUT2D eigenvalue weighted by molar-refractivity contribution is 0.0527. The topological polar surface area (TPSA) is 94.5 Å². The summed E-state index contributed by atoms with van der Waals surface area (Å²) in [6.07, 6.45) is 1.96. The fraction of sp³-hybridized carbons (Fsp3) is 0.214. The Kier molecular flexibility index (Phi) is 8.88. The van der Waals surface area contributed by atoms with Crippen LogP contribution in [0.15, 0.2) is 66.9 Å². The molecule has 38 heavy (non-hydrogen) atoms. The van der Waals surface area contributed by atoms with Crippen LogP contribution in [0.2, 0.25) is 0 Å². The molecule has 0 saturated carbocycles. The standard InChI is InChI=1S/C28H28N4O4S2/c1-4-35-26(33)22-18(3)24(27(34)36-5-2)38-25(22)30-28(37)29-16-20-17-32(21-14-10-7-11-15-21)31-23(20)19-12-8-6-9-13-19/h6-15,17H,4-5,16H2,1-3H3,(H2,29,30,37). The lowest BCUT2D eigenvalue weighted by Gasteiger charge is -2.11. The monoisotopic (exact) mass is 548 g/mol. The van der Waals surface area contributed by atoms with Gasteiger partial charge in [-0.25, -0.2) is 14.3 Å². The Morgan fingerprint density at radius 2 is 1.61 bits per heavy atom. The fourth-order valence-electron chi connectivity index (χ4n) is 3.86. The van der Waals surface area contributed by atoms with Gasteiger partial charge in [0.05, 0.1) is 30.2 Å². The number of hydrogen-bond acceptors (Lipinski definition) is 7. The second kappa shape index (κ2) is 12.5. The van der Waals surface area contributed by atoms with E-state index in [0.717, 1.165) is 33.8 Å². The SMILES string of the molecule is CCOC(=O)c1sc(NC(=S)NCc2cn(-c3ccccc3)nc2-c2ccccc2)c(C(=O)OCC)c1C. The number of ether oxygens (including phenoxy) is 2. The maximum absolute atomic E-state index is 12.7. The van der Waals surface area contributed by atoms with E-state index in [1.807, 2.05) is 71.5 Å². The molecule has 0 aliphatic heterocycles. The number of carbonyl (C=O) groups is 2. The molecular formula is C28H28N4O4S2. The highest BCUT2D eigenvalue weighted by Crippen LogP contribution is 2.34. The Bertz CT molecular complexity index is 1430. The van der Waals surface area contributed by atoms with Crippen LogP contribution >= 0.6 is 23.6 Å². The number of para-hydroxylation sites is 1. The first-order chi connectivity index (χ1) is 18.4. The summed E-state index contributed by atoms with van der Waals surface area (Å²) < 4.78 is 12.2. The van der Waals surface area contributed by atoms with Gasteiger partial charge in [0.2, 0.25) is 0 Å². The lowest BCUT2D eigenvalue weighted by atomic mass is 10.1. The first kappa shape index (κ1) is 27.0. The smallest absolute Gasteiger partial charge is 0.348 e. The summed E-state index contributed by atoms with van der Waals surface area (Å²) in [4.78, 5) is 25.5. The normalized spacial score (nSPS) is 10.6. The molecule has 196 valence electrons. The summed E-state index contributed by atoms with van der Waals surface area (Å²) >= 11 is 6.67. The van der Waals surface area contributed by atoms with Crippen molar-refractivity contribution in [2.75, 3.05) is 18.5 Å². The maximum Gasteiger partial charge on any atom is 0.348 e.